The van der Waals surface area contributed by atoms with E-state index in [9.17, 15) is 5.11 Å². The Balaban J connectivity index is 2.38. The van der Waals surface area contributed by atoms with Crippen LogP contribution in [0.1, 0.15) is 13.8 Å². The molecule has 1 aromatic carbocycles. The highest BCUT2D eigenvalue weighted by Gasteiger charge is 2.09. The lowest BCUT2D eigenvalue weighted by atomic mass is 10.2. The fourth-order valence-corrected chi connectivity index (χ4v) is 1.86. The molecule has 0 bridgehead atoms. The summed E-state index contributed by atoms with van der Waals surface area (Å²) < 4.78 is 5.13. The predicted octanol–water partition coefficient (Wildman–Crippen LogP) is 1.74. The van der Waals surface area contributed by atoms with Crippen LogP contribution in [0.25, 0.3) is 0 Å². The van der Waals surface area contributed by atoms with Crippen LogP contribution in [-0.4, -0.2) is 45.0 Å². The van der Waals surface area contributed by atoms with Crippen molar-refractivity contribution in [2.24, 2.45) is 5.92 Å². The first-order chi connectivity index (χ1) is 9.02. The van der Waals surface area contributed by atoms with Crippen LogP contribution in [-0.2, 0) is 0 Å². The number of methoxy groups -OCH3 is 1. The molecule has 0 aliphatic rings. The Bertz CT molecular complexity index is 352. The fourth-order valence-electron chi connectivity index (χ4n) is 1.86. The van der Waals surface area contributed by atoms with Crippen LogP contribution in [0, 0.1) is 5.92 Å². The summed E-state index contributed by atoms with van der Waals surface area (Å²) in [6.07, 6.45) is -0.370. The summed E-state index contributed by atoms with van der Waals surface area (Å²) >= 11 is 0. The zero-order chi connectivity index (χ0) is 14.3. The van der Waals surface area contributed by atoms with Crippen LogP contribution >= 0.6 is 0 Å². The molecule has 4 heteroatoms. The van der Waals surface area contributed by atoms with E-state index in [1.807, 2.05) is 36.2 Å². The summed E-state index contributed by atoms with van der Waals surface area (Å²) in [5, 5.41) is 13.2. The lowest BCUT2D eigenvalue weighted by molar-refractivity contribution is 0.177. The number of hydrogen-bond acceptors (Lipinski definition) is 4. The first kappa shape index (κ1) is 15.8. The third kappa shape index (κ3) is 5.94. The maximum atomic E-state index is 9.97. The molecular weight excluding hydrogens is 240 g/mol. The minimum atomic E-state index is -0.370. The molecule has 1 aromatic rings. The highest BCUT2D eigenvalue weighted by molar-refractivity contribution is 5.48. The molecule has 0 heterocycles. The van der Waals surface area contributed by atoms with E-state index in [2.05, 4.69) is 19.2 Å². The molecule has 0 fully saturated rings. The Labute approximate surface area is 116 Å². The number of likely N-dealkylation sites (N-methyl/N-ethyl adjacent to an activating group) is 1. The standard InChI is InChI=1S/C15H26N2O2/c1-12(2)9-16-10-14(18)11-17(3)13-5-7-15(19-4)8-6-13/h5-8,12,14,16,18H,9-11H2,1-4H3. The van der Waals surface area contributed by atoms with Crippen LogP contribution < -0.4 is 15.0 Å². The maximum absolute atomic E-state index is 9.97. The summed E-state index contributed by atoms with van der Waals surface area (Å²) in [7, 11) is 3.64. The third-order valence-corrected chi connectivity index (χ3v) is 2.93. The van der Waals surface area contributed by atoms with E-state index in [0.717, 1.165) is 18.0 Å². The van der Waals surface area contributed by atoms with E-state index in [0.29, 0.717) is 19.0 Å². The van der Waals surface area contributed by atoms with Gasteiger partial charge in [-0.3, -0.25) is 0 Å². The van der Waals surface area contributed by atoms with E-state index in [1.165, 1.54) is 0 Å². The van der Waals surface area contributed by atoms with Crippen molar-refractivity contribution in [1.29, 1.82) is 0 Å². The van der Waals surface area contributed by atoms with Crippen molar-refractivity contribution in [3.8, 4) is 5.75 Å². The average molecular weight is 266 g/mol. The number of benzene rings is 1. The van der Waals surface area contributed by atoms with Crippen LogP contribution in [0.4, 0.5) is 5.69 Å². The Morgan fingerprint density at radius 1 is 1.21 bits per heavy atom. The zero-order valence-electron chi connectivity index (χ0n) is 12.4. The zero-order valence-corrected chi connectivity index (χ0v) is 12.4. The Hall–Kier alpha value is -1.26. The van der Waals surface area contributed by atoms with E-state index >= 15 is 0 Å². The number of rotatable bonds is 8. The van der Waals surface area contributed by atoms with E-state index < -0.39 is 0 Å². The van der Waals surface area contributed by atoms with Crippen molar-refractivity contribution in [3.63, 3.8) is 0 Å². The summed E-state index contributed by atoms with van der Waals surface area (Å²) in [4.78, 5) is 2.04. The molecular formula is C15H26N2O2. The molecule has 0 aliphatic carbocycles. The van der Waals surface area contributed by atoms with Gasteiger partial charge in [0.05, 0.1) is 13.2 Å². The van der Waals surface area contributed by atoms with Crippen molar-refractivity contribution in [3.05, 3.63) is 24.3 Å². The van der Waals surface area contributed by atoms with Gasteiger partial charge in [0.15, 0.2) is 0 Å². The highest BCUT2D eigenvalue weighted by atomic mass is 16.5. The number of aliphatic hydroxyl groups excluding tert-OH is 1. The maximum Gasteiger partial charge on any atom is 0.119 e. The fraction of sp³-hybridized carbons (Fsp3) is 0.600. The van der Waals surface area contributed by atoms with Gasteiger partial charge in [-0.1, -0.05) is 13.8 Å². The van der Waals surface area contributed by atoms with Crippen molar-refractivity contribution in [1.82, 2.24) is 5.32 Å². The van der Waals surface area contributed by atoms with Crippen LogP contribution in [0.2, 0.25) is 0 Å². The lowest BCUT2D eigenvalue weighted by Gasteiger charge is -2.23. The first-order valence-electron chi connectivity index (χ1n) is 6.77. The summed E-state index contributed by atoms with van der Waals surface area (Å²) in [5.41, 5.74) is 1.07. The van der Waals surface area contributed by atoms with Gasteiger partial charge >= 0.3 is 0 Å². The molecule has 4 nitrogen and oxygen atoms in total. The van der Waals surface area contributed by atoms with Crippen molar-refractivity contribution < 1.29 is 9.84 Å². The Kier molecular flexibility index (Phi) is 6.67. The summed E-state index contributed by atoms with van der Waals surface area (Å²) in [6.45, 7) is 6.48. The average Bonchev–Trinajstić information content (AvgIpc) is 2.38. The quantitative estimate of drug-likeness (QED) is 0.752. The molecule has 2 N–H and O–H groups in total. The molecule has 0 aliphatic heterocycles. The van der Waals surface area contributed by atoms with Gasteiger partial charge in [0.1, 0.15) is 5.75 Å². The molecule has 0 saturated carbocycles. The topological polar surface area (TPSA) is 44.7 Å². The molecule has 1 rings (SSSR count). The number of hydrogen-bond donors (Lipinski definition) is 2. The minimum absolute atomic E-state index is 0.370. The lowest BCUT2D eigenvalue weighted by Crippen LogP contribution is -2.37. The second-order valence-electron chi connectivity index (χ2n) is 5.28. The predicted molar refractivity (Wildman–Crippen MR) is 80.0 cm³/mol. The SMILES string of the molecule is COc1ccc(N(C)CC(O)CNCC(C)C)cc1. The molecule has 0 saturated heterocycles. The van der Waals surface area contributed by atoms with Crippen molar-refractivity contribution in [2.45, 2.75) is 20.0 Å². The number of nitrogens with one attached hydrogen (secondary N) is 1. The van der Waals surface area contributed by atoms with E-state index in [1.54, 1.807) is 7.11 Å². The number of ether oxygens (including phenoxy) is 1. The van der Waals surface area contributed by atoms with Gasteiger partial charge in [-0.15, -0.1) is 0 Å². The van der Waals surface area contributed by atoms with Gasteiger partial charge in [0, 0.05) is 25.8 Å². The summed E-state index contributed by atoms with van der Waals surface area (Å²) in [5.74, 6) is 1.45. The van der Waals surface area contributed by atoms with Gasteiger partial charge in [0.25, 0.3) is 0 Å². The largest absolute Gasteiger partial charge is 0.497 e. The monoisotopic (exact) mass is 266 g/mol. The van der Waals surface area contributed by atoms with Crippen LogP contribution in [0.15, 0.2) is 24.3 Å². The van der Waals surface area contributed by atoms with Gasteiger partial charge in [-0.2, -0.15) is 0 Å². The minimum Gasteiger partial charge on any atom is -0.497 e. The normalized spacial score (nSPS) is 12.5. The number of aliphatic hydroxyl groups is 1. The molecule has 0 aromatic heterocycles. The Morgan fingerprint density at radius 3 is 2.37 bits per heavy atom. The number of nitrogens with zero attached hydrogens (tertiary/aromatic N) is 1. The molecule has 0 radical (unpaired) electrons. The Morgan fingerprint density at radius 2 is 1.84 bits per heavy atom. The molecule has 19 heavy (non-hydrogen) atoms. The van der Waals surface area contributed by atoms with Crippen LogP contribution in [0.3, 0.4) is 0 Å². The molecule has 1 atom stereocenters. The van der Waals surface area contributed by atoms with Crippen molar-refractivity contribution >= 4 is 5.69 Å². The third-order valence-electron chi connectivity index (χ3n) is 2.93. The van der Waals surface area contributed by atoms with Gasteiger partial charge in [-0.25, -0.2) is 0 Å². The second-order valence-corrected chi connectivity index (χ2v) is 5.28. The van der Waals surface area contributed by atoms with Gasteiger partial charge in [0.2, 0.25) is 0 Å². The van der Waals surface area contributed by atoms with Crippen molar-refractivity contribution in [2.75, 3.05) is 38.7 Å². The van der Waals surface area contributed by atoms with E-state index in [4.69, 9.17) is 4.74 Å². The molecule has 1 unspecified atom stereocenters. The first-order valence-corrected chi connectivity index (χ1v) is 6.77. The smallest absolute Gasteiger partial charge is 0.119 e. The second kappa shape index (κ2) is 8.02. The van der Waals surface area contributed by atoms with Gasteiger partial charge in [-0.05, 0) is 36.7 Å². The highest BCUT2D eigenvalue weighted by Crippen LogP contribution is 2.18. The molecule has 108 valence electrons. The summed E-state index contributed by atoms with van der Waals surface area (Å²) in [6, 6.07) is 7.84. The van der Waals surface area contributed by atoms with Crippen LogP contribution in [0.5, 0.6) is 5.75 Å². The van der Waals surface area contributed by atoms with Gasteiger partial charge < -0.3 is 20.1 Å². The van der Waals surface area contributed by atoms with E-state index in [-0.39, 0.29) is 6.10 Å². The molecule has 0 amide bonds. The molecule has 0 spiro atoms. The number of anilines is 1.